The standard InChI is InChI=1S/C15H20O5/c1-8(16)4-5-10-9(2)14(18)20-13(10)12-11(17)6-7-15(12,3)19/h6-7,9-10,12-13,19H,4-5H2,1-3H3. The first-order chi connectivity index (χ1) is 9.24. The normalized spacial score (nSPS) is 40.2. The van der Waals surface area contributed by atoms with E-state index in [4.69, 9.17) is 4.74 Å². The first-order valence-electron chi connectivity index (χ1n) is 6.89. The fourth-order valence-corrected chi connectivity index (χ4v) is 3.13. The van der Waals surface area contributed by atoms with Gasteiger partial charge < -0.3 is 14.6 Å². The Labute approximate surface area is 118 Å². The van der Waals surface area contributed by atoms with Crippen LogP contribution < -0.4 is 0 Å². The van der Waals surface area contributed by atoms with Crippen LogP contribution in [0.4, 0.5) is 0 Å². The van der Waals surface area contributed by atoms with Gasteiger partial charge >= 0.3 is 5.97 Å². The number of carbonyl (C=O) groups is 3. The number of ketones is 2. The molecule has 1 aliphatic carbocycles. The lowest BCUT2D eigenvalue weighted by molar-refractivity contribution is -0.150. The molecule has 0 spiro atoms. The number of ether oxygens (including phenoxy) is 1. The van der Waals surface area contributed by atoms with Crippen molar-refractivity contribution in [2.24, 2.45) is 17.8 Å². The van der Waals surface area contributed by atoms with Gasteiger partial charge in [-0.25, -0.2) is 0 Å². The smallest absolute Gasteiger partial charge is 0.309 e. The molecular weight excluding hydrogens is 260 g/mol. The summed E-state index contributed by atoms with van der Waals surface area (Å²) in [6.07, 6.45) is 2.96. The van der Waals surface area contributed by atoms with Crippen LogP contribution in [-0.2, 0) is 19.1 Å². The second kappa shape index (κ2) is 5.13. The van der Waals surface area contributed by atoms with Crippen LogP contribution >= 0.6 is 0 Å². The number of esters is 1. The zero-order valence-electron chi connectivity index (χ0n) is 12.0. The molecule has 0 radical (unpaired) electrons. The van der Waals surface area contributed by atoms with Gasteiger partial charge in [0.25, 0.3) is 0 Å². The molecule has 2 aliphatic rings. The Balaban J connectivity index is 2.22. The lowest BCUT2D eigenvalue weighted by atomic mass is 9.76. The SMILES string of the molecule is CC(=O)CCC1C(C)C(=O)OC1C1C(=O)C=CC1(C)O. The van der Waals surface area contributed by atoms with E-state index in [1.807, 2.05) is 0 Å². The Hall–Kier alpha value is -1.49. The van der Waals surface area contributed by atoms with Gasteiger partial charge in [-0.1, -0.05) is 6.92 Å². The highest BCUT2D eigenvalue weighted by Crippen LogP contribution is 2.42. The highest BCUT2D eigenvalue weighted by atomic mass is 16.6. The van der Waals surface area contributed by atoms with Gasteiger partial charge in [0.15, 0.2) is 5.78 Å². The molecule has 1 fully saturated rings. The maximum Gasteiger partial charge on any atom is 0.309 e. The summed E-state index contributed by atoms with van der Waals surface area (Å²) in [7, 11) is 0. The molecule has 5 heteroatoms. The van der Waals surface area contributed by atoms with E-state index in [0.717, 1.165) is 0 Å². The zero-order chi connectivity index (χ0) is 15.1. The molecule has 0 aromatic rings. The van der Waals surface area contributed by atoms with Gasteiger partial charge in [0.05, 0.1) is 17.4 Å². The van der Waals surface area contributed by atoms with Crippen LogP contribution in [0.25, 0.3) is 0 Å². The van der Waals surface area contributed by atoms with Crippen molar-refractivity contribution in [2.45, 2.75) is 45.3 Å². The minimum absolute atomic E-state index is 0.0398. The Morgan fingerprint density at radius 1 is 1.45 bits per heavy atom. The molecule has 0 bridgehead atoms. The number of hydrogen-bond donors (Lipinski definition) is 1. The fourth-order valence-electron chi connectivity index (χ4n) is 3.13. The summed E-state index contributed by atoms with van der Waals surface area (Å²) in [6, 6.07) is 0. The summed E-state index contributed by atoms with van der Waals surface area (Å²) in [5, 5.41) is 10.3. The monoisotopic (exact) mass is 280 g/mol. The number of carbonyl (C=O) groups excluding carboxylic acids is 3. The fraction of sp³-hybridized carbons (Fsp3) is 0.667. The molecule has 2 rings (SSSR count). The van der Waals surface area contributed by atoms with E-state index >= 15 is 0 Å². The van der Waals surface area contributed by atoms with E-state index in [2.05, 4.69) is 0 Å². The third-order valence-electron chi connectivity index (χ3n) is 4.37. The van der Waals surface area contributed by atoms with Gasteiger partial charge in [-0.05, 0) is 32.4 Å². The lowest BCUT2D eigenvalue weighted by Gasteiger charge is -2.31. The molecule has 0 amide bonds. The number of Topliss-reactive ketones (excluding diaryl/α,β-unsaturated/α-hetero) is 1. The topological polar surface area (TPSA) is 80.7 Å². The van der Waals surface area contributed by atoms with E-state index in [0.29, 0.717) is 12.8 Å². The molecule has 0 aromatic carbocycles. The molecule has 1 aliphatic heterocycles. The summed E-state index contributed by atoms with van der Waals surface area (Å²) < 4.78 is 5.34. The van der Waals surface area contributed by atoms with Crippen molar-refractivity contribution in [1.82, 2.24) is 0 Å². The first kappa shape index (κ1) is 14.9. The van der Waals surface area contributed by atoms with E-state index in [1.54, 1.807) is 6.92 Å². The minimum Gasteiger partial charge on any atom is -0.461 e. The summed E-state index contributed by atoms with van der Waals surface area (Å²) in [6.45, 7) is 4.78. The highest BCUT2D eigenvalue weighted by molar-refractivity contribution is 5.97. The van der Waals surface area contributed by atoms with Crippen molar-refractivity contribution in [3.05, 3.63) is 12.2 Å². The average molecular weight is 280 g/mol. The van der Waals surface area contributed by atoms with Gasteiger partial charge in [-0.15, -0.1) is 0 Å². The van der Waals surface area contributed by atoms with Crippen LogP contribution in [0, 0.1) is 17.8 Å². The summed E-state index contributed by atoms with van der Waals surface area (Å²) in [5.41, 5.74) is -1.30. The maximum atomic E-state index is 12.0. The van der Waals surface area contributed by atoms with E-state index < -0.39 is 17.6 Å². The third kappa shape index (κ3) is 2.54. The predicted molar refractivity (Wildman–Crippen MR) is 70.7 cm³/mol. The Bertz CT molecular complexity index is 477. The Morgan fingerprint density at radius 2 is 2.10 bits per heavy atom. The van der Waals surface area contributed by atoms with Crippen molar-refractivity contribution in [1.29, 1.82) is 0 Å². The summed E-state index contributed by atoms with van der Waals surface area (Å²) >= 11 is 0. The predicted octanol–water partition coefficient (Wildman–Crippen LogP) is 1.04. The lowest BCUT2D eigenvalue weighted by Crippen LogP contribution is -2.44. The van der Waals surface area contributed by atoms with Crippen LogP contribution in [-0.4, -0.2) is 34.3 Å². The number of rotatable bonds is 4. The number of aliphatic hydroxyl groups is 1. The summed E-state index contributed by atoms with van der Waals surface area (Å²) in [5.74, 6) is -1.89. The van der Waals surface area contributed by atoms with Gasteiger partial charge in [0, 0.05) is 12.3 Å². The second-order valence-corrected chi connectivity index (χ2v) is 6.03. The molecule has 1 saturated heterocycles. The quantitative estimate of drug-likeness (QED) is 0.778. The summed E-state index contributed by atoms with van der Waals surface area (Å²) in [4.78, 5) is 34.9. The highest BCUT2D eigenvalue weighted by Gasteiger charge is 2.54. The first-order valence-corrected chi connectivity index (χ1v) is 6.89. The van der Waals surface area contributed by atoms with Crippen LogP contribution in [0.2, 0.25) is 0 Å². The largest absolute Gasteiger partial charge is 0.461 e. The van der Waals surface area contributed by atoms with Crippen LogP contribution in [0.3, 0.4) is 0 Å². The van der Waals surface area contributed by atoms with E-state index in [-0.39, 0.29) is 29.4 Å². The van der Waals surface area contributed by atoms with Crippen molar-refractivity contribution < 1.29 is 24.2 Å². The van der Waals surface area contributed by atoms with E-state index in [9.17, 15) is 19.5 Å². The molecule has 0 saturated carbocycles. The molecule has 1 N–H and O–H groups in total. The van der Waals surface area contributed by atoms with Gasteiger partial charge in [0.1, 0.15) is 11.9 Å². The average Bonchev–Trinajstić information content (AvgIpc) is 2.75. The van der Waals surface area contributed by atoms with Crippen LogP contribution in [0.5, 0.6) is 0 Å². The molecule has 1 heterocycles. The van der Waals surface area contributed by atoms with Gasteiger partial charge in [0.2, 0.25) is 0 Å². The molecular formula is C15H20O5. The second-order valence-electron chi connectivity index (χ2n) is 6.03. The number of allylic oxidation sites excluding steroid dienone is 1. The van der Waals surface area contributed by atoms with Crippen molar-refractivity contribution in [3.63, 3.8) is 0 Å². The number of hydrogen-bond acceptors (Lipinski definition) is 5. The molecule has 5 nitrogen and oxygen atoms in total. The zero-order valence-corrected chi connectivity index (χ0v) is 12.0. The molecule has 110 valence electrons. The third-order valence-corrected chi connectivity index (χ3v) is 4.37. The molecule has 5 unspecified atom stereocenters. The number of cyclic esters (lactones) is 1. The van der Waals surface area contributed by atoms with Gasteiger partial charge in [-0.3, -0.25) is 9.59 Å². The molecule has 20 heavy (non-hydrogen) atoms. The van der Waals surface area contributed by atoms with Crippen molar-refractivity contribution in [2.75, 3.05) is 0 Å². The van der Waals surface area contributed by atoms with Crippen molar-refractivity contribution >= 4 is 17.5 Å². The maximum absolute atomic E-state index is 12.0. The molecule has 5 atom stereocenters. The van der Waals surface area contributed by atoms with E-state index in [1.165, 1.54) is 26.0 Å². The Kier molecular flexibility index (Phi) is 3.82. The molecule has 0 aromatic heterocycles. The minimum atomic E-state index is -1.30. The van der Waals surface area contributed by atoms with Crippen LogP contribution in [0.1, 0.15) is 33.6 Å². The van der Waals surface area contributed by atoms with Gasteiger partial charge in [-0.2, -0.15) is 0 Å². The van der Waals surface area contributed by atoms with Crippen LogP contribution in [0.15, 0.2) is 12.2 Å². The van der Waals surface area contributed by atoms with Crippen molar-refractivity contribution in [3.8, 4) is 0 Å². The Morgan fingerprint density at radius 3 is 2.60 bits per heavy atom.